The number of aromatic nitrogens is 2. The Hall–Kier alpha value is -0.790. The lowest BCUT2D eigenvalue weighted by Gasteiger charge is -2.18. The second-order valence-electron chi connectivity index (χ2n) is 4.46. The third-order valence-corrected chi connectivity index (χ3v) is 2.79. The Labute approximate surface area is 87.3 Å². The van der Waals surface area contributed by atoms with Crippen molar-refractivity contribution in [1.82, 2.24) is 9.78 Å². The molecule has 1 unspecified atom stereocenters. The second kappa shape index (κ2) is 4.63. The van der Waals surface area contributed by atoms with E-state index in [-0.39, 0.29) is 0 Å². The maximum Gasteiger partial charge on any atom is 0.0596 e. The lowest BCUT2D eigenvalue weighted by molar-refractivity contribution is 0.363. The van der Waals surface area contributed by atoms with Crippen LogP contribution in [0.1, 0.15) is 51.5 Å². The van der Waals surface area contributed by atoms with Gasteiger partial charge in [0.25, 0.3) is 0 Å². The molecule has 1 heterocycles. The molecular weight excluding hydrogens is 172 g/mol. The SMILES string of the molecule is CCCc1cc(C)nn1C(C)C(C)C. The predicted octanol–water partition coefficient (Wildman–Crippen LogP) is 3.36. The molecule has 0 aromatic carbocycles. The minimum absolute atomic E-state index is 0.505. The molecule has 0 radical (unpaired) electrons. The molecule has 0 spiro atoms. The molecule has 1 rings (SSSR count). The van der Waals surface area contributed by atoms with Gasteiger partial charge in [0.2, 0.25) is 0 Å². The van der Waals surface area contributed by atoms with Crippen LogP contribution in [0.25, 0.3) is 0 Å². The zero-order valence-corrected chi connectivity index (χ0v) is 10.0. The summed E-state index contributed by atoms with van der Waals surface area (Å²) in [5.41, 5.74) is 2.52. The fraction of sp³-hybridized carbons (Fsp3) is 0.750. The van der Waals surface area contributed by atoms with E-state index in [1.807, 2.05) is 0 Å². The van der Waals surface area contributed by atoms with E-state index in [0.717, 1.165) is 12.1 Å². The fourth-order valence-electron chi connectivity index (χ4n) is 1.65. The molecule has 0 N–H and O–H groups in total. The average Bonchev–Trinajstić information content (AvgIpc) is 2.46. The van der Waals surface area contributed by atoms with Crippen LogP contribution in [0.4, 0.5) is 0 Å². The van der Waals surface area contributed by atoms with Gasteiger partial charge in [-0.1, -0.05) is 27.2 Å². The summed E-state index contributed by atoms with van der Waals surface area (Å²) in [5, 5.41) is 4.57. The van der Waals surface area contributed by atoms with Gasteiger partial charge in [0.15, 0.2) is 0 Å². The van der Waals surface area contributed by atoms with E-state index in [1.54, 1.807) is 0 Å². The van der Waals surface area contributed by atoms with Crippen molar-refractivity contribution in [3.63, 3.8) is 0 Å². The molecule has 0 aliphatic rings. The molecule has 2 nitrogen and oxygen atoms in total. The summed E-state index contributed by atoms with van der Waals surface area (Å²) in [4.78, 5) is 0. The predicted molar refractivity (Wildman–Crippen MR) is 60.5 cm³/mol. The first-order valence-electron chi connectivity index (χ1n) is 5.61. The van der Waals surface area contributed by atoms with E-state index in [2.05, 4.69) is 50.5 Å². The van der Waals surface area contributed by atoms with Gasteiger partial charge in [0.1, 0.15) is 0 Å². The lowest BCUT2D eigenvalue weighted by Crippen LogP contribution is -2.15. The first kappa shape index (κ1) is 11.3. The van der Waals surface area contributed by atoms with Crippen LogP contribution in [-0.4, -0.2) is 9.78 Å². The van der Waals surface area contributed by atoms with Crippen molar-refractivity contribution >= 4 is 0 Å². The highest BCUT2D eigenvalue weighted by molar-refractivity contribution is 5.10. The number of hydrogen-bond acceptors (Lipinski definition) is 1. The van der Waals surface area contributed by atoms with Gasteiger partial charge >= 0.3 is 0 Å². The zero-order valence-electron chi connectivity index (χ0n) is 10.0. The first-order chi connectivity index (χ1) is 6.56. The molecule has 2 heteroatoms. The summed E-state index contributed by atoms with van der Waals surface area (Å²) in [6, 6.07) is 2.72. The number of rotatable bonds is 4. The van der Waals surface area contributed by atoms with Crippen molar-refractivity contribution in [2.24, 2.45) is 5.92 Å². The van der Waals surface area contributed by atoms with Gasteiger partial charge in [-0.15, -0.1) is 0 Å². The van der Waals surface area contributed by atoms with Crippen LogP contribution < -0.4 is 0 Å². The first-order valence-corrected chi connectivity index (χ1v) is 5.61. The van der Waals surface area contributed by atoms with Crippen molar-refractivity contribution in [2.75, 3.05) is 0 Å². The Balaban J connectivity index is 2.93. The Morgan fingerprint density at radius 2 is 2.00 bits per heavy atom. The quantitative estimate of drug-likeness (QED) is 0.718. The third kappa shape index (κ3) is 2.37. The molecule has 1 atom stereocenters. The molecule has 1 aromatic rings. The van der Waals surface area contributed by atoms with Gasteiger partial charge in [0.05, 0.1) is 11.7 Å². The molecule has 0 amide bonds. The van der Waals surface area contributed by atoms with E-state index in [9.17, 15) is 0 Å². The Morgan fingerprint density at radius 1 is 1.36 bits per heavy atom. The normalized spacial score (nSPS) is 13.6. The molecule has 0 fully saturated rings. The molecule has 0 aliphatic heterocycles. The number of aryl methyl sites for hydroxylation is 2. The lowest BCUT2D eigenvalue weighted by atomic mass is 10.1. The van der Waals surface area contributed by atoms with Crippen LogP contribution in [0.5, 0.6) is 0 Å². The summed E-state index contributed by atoms with van der Waals surface area (Å²) in [5.74, 6) is 0.643. The van der Waals surface area contributed by atoms with Crippen LogP contribution in [0.3, 0.4) is 0 Å². The maximum absolute atomic E-state index is 4.57. The van der Waals surface area contributed by atoms with Crippen molar-refractivity contribution in [3.05, 3.63) is 17.5 Å². The van der Waals surface area contributed by atoms with Gasteiger partial charge in [-0.25, -0.2) is 0 Å². The summed E-state index contributed by atoms with van der Waals surface area (Å²) in [6.07, 6.45) is 2.33. The van der Waals surface area contributed by atoms with E-state index >= 15 is 0 Å². The maximum atomic E-state index is 4.57. The molecule has 80 valence electrons. The van der Waals surface area contributed by atoms with Crippen LogP contribution in [0.15, 0.2) is 6.07 Å². The topological polar surface area (TPSA) is 17.8 Å². The van der Waals surface area contributed by atoms with Gasteiger partial charge in [-0.2, -0.15) is 5.10 Å². The molecule has 0 aliphatic carbocycles. The molecule has 0 saturated heterocycles. The minimum Gasteiger partial charge on any atom is -0.266 e. The highest BCUT2D eigenvalue weighted by Gasteiger charge is 2.14. The number of nitrogens with zero attached hydrogens (tertiary/aromatic N) is 2. The standard InChI is InChI=1S/C12H22N2/c1-6-7-12-8-10(4)13-14(12)11(5)9(2)3/h8-9,11H,6-7H2,1-5H3. The van der Waals surface area contributed by atoms with Crippen LogP contribution in [-0.2, 0) is 6.42 Å². The van der Waals surface area contributed by atoms with Crippen molar-refractivity contribution in [1.29, 1.82) is 0 Å². The molecule has 0 bridgehead atoms. The van der Waals surface area contributed by atoms with E-state index in [4.69, 9.17) is 0 Å². The summed E-state index contributed by atoms with van der Waals surface area (Å²) < 4.78 is 2.20. The van der Waals surface area contributed by atoms with Crippen molar-refractivity contribution in [3.8, 4) is 0 Å². The summed E-state index contributed by atoms with van der Waals surface area (Å²) in [7, 11) is 0. The van der Waals surface area contributed by atoms with Gasteiger partial charge in [0, 0.05) is 5.69 Å². The average molecular weight is 194 g/mol. The zero-order chi connectivity index (χ0) is 10.7. The second-order valence-corrected chi connectivity index (χ2v) is 4.46. The highest BCUT2D eigenvalue weighted by Crippen LogP contribution is 2.19. The fourth-order valence-corrected chi connectivity index (χ4v) is 1.65. The Kier molecular flexibility index (Phi) is 3.73. The van der Waals surface area contributed by atoms with E-state index < -0.39 is 0 Å². The molecular formula is C12H22N2. The largest absolute Gasteiger partial charge is 0.266 e. The van der Waals surface area contributed by atoms with E-state index in [1.165, 1.54) is 12.1 Å². The smallest absolute Gasteiger partial charge is 0.0596 e. The van der Waals surface area contributed by atoms with E-state index in [0.29, 0.717) is 12.0 Å². The monoisotopic (exact) mass is 194 g/mol. The molecule has 1 aromatic heterocycles. The molecule has 14 heavy (non-hydrogen) atoms. The minimum atomic E-state index is 0.505. The third-order valence-electron chi connectivity index (χ3n) is 2.79. The highest BCUT2D eigenvalue weighted by atomic mass is 15.3. The van der Waals surface area contributed by atoms with Gasteiger partial charge in [-0.05, 0) is 32.3 Å². The number of hydrogen-bond donors (Lipinski definition) is 0. The summed E-state index contributed by atoms with van der Waals surface area (Å²) in [6.45, 7) is 11.0. The Morgan fingerprint density at radius 3 is 2.50 bits per heavy atom. The van der Waals surface area contributed by atoms with Gasteiger partial charge in [-0.3, -0.25) is 4.68 Å². The van der Waals surface area contributed by atoms with Crippen LogP contribution in [0, 0.1) is 12.8 Å². The van der Waals surface area contributed by atoms with Gasteiger partial charge < -0.3 is 0 Å². The van der Waals surface area contributed by atoms with Crippen LogP contribution in [0.2, 0.25) is 0 Å². The summed E-state index contributed by atoms with van der Waals surface area (Å²) >= 11 is 0. The van der Waals surface area contributed by atoms with Crippen molar-refractivity contribution < 1.29 is 0 Å². The Bertz CT molecular complexity index is 287. The van der Waals surface area contributed by atoms with Crippen molar-refractivity contribution in [2.45, 2.75) is 53.5 Å². The molecule has 0 saturated carbocycles. The van der Waals surface area contributed by atoms with Crippen LogP contribution >= 0.6 is 0 Å².